The molecule has 1 unspecified atom stereocenters. The molecule has 1 atom stereocenters. The minimum Gasteiger partial charge on any atom is -0.356 e. The van der Waals surface area contributed by atoms with E-state index in [9.17, 15) is 4.79 Å². The molecule has 2 aliphatic rings. The predicted molar refractivity (Wildman–Crippen MR) is 126 cm³/mol. The second-order valence-electron chi connectivity index (χ2n) is 8.35. The number of guanidine groups is 1. The molecule has 0 bridgehead atoms. The van der Waals surface area contributed by atoms with Gasteiger partial charge in [0.05, 0.1) is 0 Å². The third-order valence-electron chi connectivity index (χ3n) is 6.10. The van der Waals surface area contributed by atoms with Crippen molar-refractivity contribution in [3.63, 3.8) is 0 Å². The number of carbonyl (C=O) groups excluding carboxylic acids is 1. The standard InChI is InChI=1S/C22H34N4O.HI/c1-17(2)20(27)26-14-11-19(15-26)25-21(23-3)24-16-22(12-7-8-13-22)18-9-5-4-6-10-18;/h4-6,9-10,17,19H,7-8,11-16H2,1-3H3,(H2,23,24,25);1H. The van der Waals surface area contributed by atoms with Crippen molar-refractivity contribution < 1.29 is 4.79 Å². The Morgan fingerprint density at radius 3 is 2.54 bits per heavy atom. The molecule has 1 saturated heterocycles. The molecule has 3 rings (SSSR count). The topological polar surface area (TPSA) is 56.7 Å². The van der Waals surface area contributed by atoms with Crippen LogP contribution in [0.25, 0.3) is 0 Å². The SMILES string of the molecule is CN=C(NCC1(c2ccccc2)CCCC1)NC1CCN(C(=O)C(C)C)C1.I. The average Bonchev–Trinajstić information content (AvgIpc) is 3.35. The lowest BCUT2D eigenvalue weighted by Crippen LogP contribution is -2.48. The van der Waals surface area contributed by atoms with Crippen molar-refractivity contribution in [2.24, 2.45) is 10.9 Å². The van der Waals surface area contributed by atoms with Gasteiger partial charge in [-0.15, -0.1) is 24.0 Å². The number of nitrogens with zero attached hydrogens (tertiary/aromatic N) is 2. The maximum absolute atomic E-state index is 12.2. The molecule has 0 aromatic heterocycles. The van der Waals surface area contributed by atoms with Crippen LogP contribution in [0.3, 0.4) is 0 Å². The minimum atomic E-state index is 0. The normalized spacial score (nSPS) is 21.5. The first-order valence-electron chi connectivity index (χ1n) is 10.4. The predicted octanol–water partition coefficient (Wildman–Crippen LogP) is 3.54. The number of hydrogen-bond donors (Lipinski definition) is 2. The maximum Gasteiger partial charge on any atom is 0.225 e. The van der Waals surface area contributed by atoms with E-state index in [1.54, 1.807) is 0 Å². The highest BCUT2D eigenvalue weighted by atomic mass is 127. The van der Waals surface area contributed by atoms with Crippen molar-refractivity contribution in [1.82, 2.24) is 15.5 Å². The van der Waals surface area contributed by atoms with Gasteiger partial charge in [-0.3, -0.25) is 9.79 Å². The fourth-order valence-corrected chi connectivity index (χ4v) is 4.50. The number of likely N-dealkylation sites (tertiary alicyclic amines) is 1. The fourth-order valence-electron chi connectivity index (χ4n) is 4.50. The Morgan fingerprint density at radius 1 is 1.25 bits per heavy atom. The number of hydrogen-bond acceptors (Lipinski definition) is 2. The molecule has 6 heteroatoms. The van der Waals surface area contributed by atoms with Gasteiger partial charge in [-0.05, 0) is 24.8 Å². The van der Waals surface area contributed by atoms with Crippen LogP contribution in [-0.2, 0) is 10.2 Å². The fraction of sp³-hybridized carbons (Fsp3) is 0.636. The van der Waals surface area contributed by atoms with Gasteiger partial charge in [0.15, 0.2) is 5.96 Å². The summed E-state index contributed by atoms with van der Waals surface area (Å²) in [5.41, 5.74) is 1.63. The van der Waals surface area contributed by atoms with Crippen molar-refractivity contribution in [3.05, 3.63) is 35.9 Å². The van der Waals surface area contributed by atoms with Crippen LogP contribution < -0.4 is 10.6 Å². The Balaban J connectivity index is 0.00000280. The summed E-state index contributed by atoms with van der Waals surface area (Å²) < 4.78 is 0. The van der Waals surface area contributed by atoms with Gasteiger partial charge in [-0.2, -0.15) is 0 Å². The third kappa shape index (κ3) is 5.39. The van der Waals surface area contributed by atoms with Crippen molar-refractivity contribution in [3.8, 4) is 0 Å². The van der Waals surface area contributed by atoms with E-state index < -0.39 is 0 Å². The number of carbonyl (C=O) groups is 1. The summed E-state index contributed by atoms with van der Waals surface area (Å²) in [6.45, 7) is 6.43. The van der Waals surface area contributed by atoms with Crippen LogP contribution >= 0.6 is 24.0 Å². The lowest BCUT2D eigenvalue weighted by Gasteiger charge is -2.31. The lowest BCUT2D eigenvalue weighted by atomic mass is 9.79. The van der Waals surface area contributed by atoms with Gasteiger partial charge >= 0.3 is 0 Å². The highest BCUT2D eigenvalue weighted by molar-refractivity contribution is 14.0. The Morgan fingerprint density at radius 2 is 1.93 bits per heavy atom. The van der Waals surface area contributed by atoms with Crippen LogP contribution in [0.2, 0.25) is 0 Å². The van der Waals surface area contributed by atoms with E-state index in [4.69, 9.17) is 0 Å². The van der Waals surface area contributed by atoms with E-state index in [1.165, 1.54) is 31.2 Å². The summed E-state index contributed by atoms with van der Waals surface area (Å²) in [7, 11) is 1.82. The molecule has 0 radical (unpaired) electrons. The molecule has 1 aliphatic heterocycles. The summed E-state index contributed by atoms with van der Waals surface area (Å²) >= 11 is 0. The largest absolute Gasteiger partial charge is 0.356 e. The minimum absolute atomic E-state index is 0. The zero-order chi connectivity index (χ0) is 19.3. The van der Waals surface area contributed by atoms with Crippen LogP contribution in [0, 0.1) is 5.92 Å². The Kier molecular flexibility index (Phi) is 8.58. The molecule has 28 heavy (non-hydrogen) atoms. The first-order valence-corrected chi connectivity index (χ1v) is 10.4. The van der Waals surface area contributed by atoms with Crippen LogP contribution in [0.5, 0.6) is 0 Å². The highest BCUT2D eigenvalue weighted by Crippen LogP contribution is 2.40. The molecule has 5 nitrogen and oxygen atoms in total. The number of amides is 1. The average molecular weight is 498 g/mol. The molecule has 0 spiro atoms. The number of aliphatic imine (C=N–C) groups is 1. The maximum atomic E-state index is 12.2. The third-order valence-corrected chi connectivity index (χ3v) is 6.10. The van der Waals surface area contributed by atoms with E-state index in [0.29, 0.717) is 0 Å². The Labute approximate surface area is 186 Å². The van der Waals surface area contributed by atoms with Gasteiger partial charge in [0.25, 0.3) is 0 Å². The molecule has 1 aliphatic carbocycles. The van der Waals surface area contributed by atoms with Crippen LogP contribution in [0.4, 0.5) is 0 Å². The van der Waals surface area contributed by atoms with Crippen molar-refractivity contribution in [1.29, 1.82) is 0 Å². The first-order chi connectivity index (χ1) is 13.0. The zero-order valence-electron chi connectivity index (χ0n) is 17.4. The number of rotatable bonds is 5. The van der Waals surface area contributed by atoms with E-state index in [1.807, 2.05) is 25.8 Å². The molecular formula is C22H35IN4O. The van der Waals surface area contributed by atoms with Crippen molar-refractivity contribution in [2.45, 2.75) is 57.4 Å². The zero-order valence-corrected chi connectivity index (χ0v) is 19.7. The van der Waals surface area contributed by atoms with Gasteiger partial charge < -0.3 is 15.5 Å². The second-order valence-corrected chi connectivity index (χ2v) is 8.35. The van der Waals surface area contributed by atoms with Crippen LogP contribution in [-0.4, -0.2) is 49.5 Å². The molecule has 2 N–H and O–H groups in total. The monoisotopic (exact) mass is 498 g/mol. The molecule has 1 aromatic rings. The number of nitrogens with one attached hydrogen (secondary N) is 2. The lowest BCUT2D eigenvalue weighted by molar-refractivity contribution is -0.133. The molecule has 156 valence electrons. The van der Waals surface area contributed by atoms with Crippen LogP contribution in [0.1, 0.15) is 51.5 Å². The van der Waals surface area contributed by atoms with E-state index in [0.717, 1.165) is 32.0 Å². The molecule has 1 aromatic carbocycles. The van der Waals surface area contributed by atoms with E-state index >= 15 is 0 Å². The molecular weight excluding hydrogens is 463 g/mol. The molecule has 1 amide bonds. The van der Waals surface area contributed by atoms with Gasteiger partial charge in [0.2, 0.25) is 5.91 Å². The number of halogens is 1. The molecule has 1 heterocycles. The van der Waals surface area contributed by atoms with Gasteiger partial charge in [-0.25, -0.2) is 0 Å². The summed E-state index contributed by atoms with van der Waals surface area (Å²) in [6.07, 6.45) is 6.00. The molecule has 1 saturated carbocycles. The molecule has 2 fully saturated rings. The number of benzene rings is 1. The second kappa shape index (κ2) is 10.5. The van der Waals surface area contributed by atoms with Gasteiger partial charge in [0, 0.05) is 44.1 Å². The van der Waals surface area contributed by atoms with Crippen LogP contribution in [0.15, 0.2) is 35.3 Å². The van der Waals surface area contributed by atoms with Gasteiger partial charge in [0.1, 0.15) is 0 Å². The first kappa shape index (κ1) is 23.0. The van der Waals surface area contributed by atoms with E-state index in [-0.39, 0.29) is 47.3 Å². The Bertz CT molecular complexity index is 656. The van der Waals surface area contributed by atoms with Crippen molar-refractivity contribution >= 4 is 35.8 Å². The van der Waals surface area contributed by atoms with Gasteiger partial charge in [-0.1, -0.05) is 57.0 Å². The Hall–Kier alpha value is -1.31. The highest BCUT2D eigenvalue weighted by Gasteiger charge is 2.36. The summed E-state index contributed by atoms with van der Waals surface area (Å²) in [6, 6.07) is 11.2. The van der Waals surface area contributed by atoms with Crippen molar-refractivity contribution in [2.75, 3.05) is 26.7 Å². The summed E-state index contributed by atoms with van der Waals surface area (Å²) in [4.78, 5) is 18.6. The summed E-state index contributed by atoms with van der Waals surface area (Å²) in [5, 5.41) is 7.11. The smallest absolute Gasteiger partial charge is 0.225 e. The quantitative estimate of drug-likeness (QED) is 0.371. The van der Waals surface area contributed by atoms with E-state index in [2.05, 4.69) is 46.0 Å². The summed E-state index contributed by atoms with van der Waals surface area (Å²) in [5.74, 6) is 1.16.